The number of rotatable bonds is 11. The molecule has 2 aromatic carbocycles. The molecule has 1 heterocycles. The molecule has 9 nitrogen and oxygen atoms in total. The van der Waals surface area contributed by atoms with Crippen LogP contribution in [0.1, 0.15) is 30.1 Å². The summed E-state index contributed by atoms with van der Waals surface area (Å²) < 4.78 is 10.6. The largest absolute Gasteiger partial charge is 0.495 e. The monoisotopic (exact) mass is 483 g/mol. The van der Waals surface area contributed by atoms with Gasteiger partial charge in [-0.25, -0.2) is 4.79 Å². The molecule has 0 bridgehead atoms. The first kappa shape index (κ1) is 26.2. The quantitative estimate of drug-likeness (QED) is 0.425. The highest BCUT2D eigenvalue weighted by atomic mass is 16.5. The van der Waals surface area contributed by atoms with Crippen LogP contribution in [0.25, 0.3) is 0 Å². The van der Waals surface area contributed by atoms with Gasteiger partial charge in [-0.1, -0.05) is 25.5 Å². The fourth-order valence-corrected chi connectivity index (χ4v) is 4.07. The molecule has 0 unspecified atom stereocenters. The van der Waals surface area contributed by atoms with Gasteiger partial charge in [0.15, 0.2) is 0 Å². The average molecular weight is 484 g/mol. The Morgan fingerprint density at radius 3 is 2.31 bits per heavy atom. The van der Waals surface area contributed by atoms with Gasteiger partial charge < -0.3 is 35.2 Å². The molecule has 1 fully saturated rings. The number of unbranched alkanes of at least 4 members (excludes halogenated alkanes) is 1. The number of anilines is 3. The molecular weight excluding hydrogens is 446 g/mol. The number of para-hydroxylation sites is 2. The van der Waals surface area contributed by atoms with Crippen LogP contribution in [0.5, 0.6) is 5.75 Å². The van der Waals surface area contributed by atoms with E-state index in [4.69, 9.17) is 9.47 Å². The molecule has 1 saturated heterocycles. The van der Waals surface area contributed by atoms with E-state index in [1.807, 2.05) is 30.3 Å². The van der Waals surface area contributed by atoms with Crippen molar-refractivity contribution >= 4 is 29.0 Å². The van der Waals surface area contributed by atoms with Crippen LogP contribution in [0.15, 0.2) is 42.5 Å². The van der Waals surface area contributed by atoms with Gasteiger partial charge in [-0.15, -0.1) is 0 Å². The van der Waals surface area contributed by atoms with Crippen LogP contribution >= 0.6 is 0 Å². The molecule has 1 aliphatic rings. The smallest absolute Gasteiger partial charge is 0.319 e. The van der Waals surface area contributed by atoms with Gasteiger partial charge in [0.05, 0.1) is 25.0 Å². The van der Waals surface area contributed by atoms with Crippen molar-refractivity contribution in [3.8, 4) is 5.75 Å². The normalized spacial score (nSPS) is 13.3. The number of benzene rings is 2. The second-order valence-corrected chi connectivity index (χ2v) is 8.36. The molecule has 0 atom stereocenters. The number of nitrogens with zero attached hydrogens (tertiary/aromatic N) is 2. The zero-order valence-electron chi connectivity index (χ0n) is 20.9. The summed E-state index contributed by atoms with van der Waals surface area (Å²) in [5.41, 5.74) is 3.02. The maximum atomic E-state index is 13.1. The molecule has 0 radical (unpaired) electrons. The summed E-state index contributed by atoms with van der Waals surface area (Å²) in [6, 6.07) is 13.2. The van der Waals surface area contributed by atoms with E-state index in [-0.39, 0.29) is 11.9 Å². The minimum atomic E-state index is -0.276. The van der Waals surface area contributed by atoms with Crippen LogP contribution < -0.4 is 30.5 Å². The molecule has 190 valence electrons. The summed E-state index contributed by atoms with van der Waals surface area (Å²) in [4.78, 5) is 29.8. The number of nitrogens with one attached hydrogen (secondary N) is 3. The van der Waals surface area contributed by atoms with Crippen molar-refractivity contribution in [2.24, 2.45) is 0 Å². The van der Waals surface area contributed by atoms with E-state index in [0.29, 0.717) is 30.9 Å². The second-order valence-electron chi connectivity index (χ2n) is 8.36. The third-order valence-corrected chi connectivity index (χ3v) is 5.95. The van der Waals surface area contributed by atoms with Gasteiger partial charge in [0.1, 0.15) is 5.75 Å². The van der Waals surface area contributed by atoms with Crippen molar-refractivity contribution in [1.29, 1.82) is 0 Å². The molecular formula is C26H37N5O4. The lowest BCUT2D eigenvalue weighted by Crippen LogP contribution is -2.47. The first-order chi connectivity index (χ1) is 17.1. The van der Waals surface area contributed by atoms with E-state index in [2.05, 4.69) is 38.7 Å². The van der Waals surface area contributed by atoms with E-state index in [9.17, 15) is 9.59 Å². The molecule has 0 aromatic heterocycles. The molecule has 1 aliphatic heterocycles. The van der Waals surface area contributed by atoms with Gasteiger partial charge in [0, 0.05) is 57.8 Å². The number of piperazine rings is 1. The van der Waals surface area contributed by atoms with Crippen LogP contribution in [0.4, 0.5) is 21.9 Å². The first-order valence-corrected chi connectivity index (χ1v) is 12.2. The number of carbonyl (C=O) groups is 2. The second kappa shape index (κ2) is 13.4. The van der Waals surface area contributed by atoms with Gasteiger partial charge >= 0.3 is 6.03 Å². The minimum Gasteiger partial charge on any atom is -0.495 e. The number of amides is 3. The topological polar surface area (TPSA) is 95.2 Å². The lowest BCUT2D eigenvalue weighted by atomic mass is 10.1. The fourth-order valence-electron chi connectivity index (χ4n) is 4.07. The molecule has 3 amide bonds. The number of hydrogen-bond donors (Lipinski definition) is 3. The maximum absolute atomic E-state index is 13.1. The molecule has 0 aliphatic carbocycles. The molecule has 9 heteroatoms. The summed E-state index contributed by atoms with van der Waals surface area (Å²) in [6.45, 7) is 6.61. The molecule has 2 aromatic rings. The summed E-state index contributed by atoms with van der Waals surface area (Å²) in [5.74, 6) is 0.658. The minimum absolute atomic E-state index is 0.195. The van der Waals surface area contributed by atoms with Crippen LogP contribution in [-0.4, -0.2) is 72.0 Å². The summed E-state index contributed by atoms with van der Waals surface area (Å²) in [7, 11) is 3.28. The maximum Gasteiger partial charge on any atom is 0.319 e. The van der Waals surface area contributed by atoms with Crippen molar-refractivity contribution in [2.45, 2.75) is 19.8 Å². The van der Waals surface area contributed by atoms with Crippen LogP contribution in [0.3, 0.4) is 0 Å². The van der Waals surface area contributed by atoms with Crippen molar-refractivity contribution in [3.63, 3.8) is 0 Å². The van der Waals surface area contributed by atoms with Crippen LogP contribution in [-0.2, 0) is 4.74 Å². The Morgan fingerprint density at radius 1 is 0.914 bits per heavy atom. The van der Waals surface area contributed by atoms with Crippen LogP contribution in [0.2, 0.25) is 0 Å². The SMILES string of the molecule is CCCCNC(=O)Nc1ccc(N2CCN(c3ccccc3OC)CC2)c(C(=O)NCCOC)c1. The Balaban J connectivity index is 1.74. The van der Waals surface area contributed by atoms with Crippen molar-refractivity contribution in [1.82, 2.24) is 10.6 Å². The summed E-state index contributed by atoms with van der Waals surface area (Å²) in [6.07, 6.45) is 1.92. The molecule has 0 saturated carbocycles. The first-order valence-electron chi connectivity index (χ1n) is 12.2. The zero-order valence-corrected chi connectivity index (χ0v) is 20.9. The Labute approximate surface area is 207 Å². The van der Waals surface area contributed by atoms with E-state index < -0.39 is 0 Å². The third-order valence-electron chi connectivity index (χ3n) is 5.95. The summed E-state index contributed by atoms with van der Waals surface area (Å²) in [5, 5.41) is 8.58. The van der Waals surface area contributed by atoms with Gasteiger partial charge in [-0.2, -0.15) is 0 Å². The van der Waals surface area contributed by atoms with Gasteiger partial charge in [-0.3, -0.25) is 4.79 Å². The lowest BCUT2D eigenvalue weighted by molar-refractivity contribution is 0.0937. The number of urea groups is 1. The zero-order chi connectivity index (χ0) is 25.0. The average Bonchev–Trinajstić information content (AvgIpc) is 2.89. The predicted molar refractivity (Wildman–Crippen MR) is 140 cm³/mol. The summed E-state index contributed by atoms with van der Waals surface area (Å²) >= 11 is 0. The van der Waals surface area contributed by atoms with Crippen LogP contribution in [0, 0.1) is 0 Å². The highest BCUT2D eigenvalue weighted by molar-refractivity contribution is 6.02. The standard InChI is InChI=1S/C26H37N5O4/c1-4-5-12-28-26(33)29-20-10-11-22(21(19-20)25(32)27-13-18-34-2)30-14-16-31(17-15-30)23-8-6-7-9-24(23)35-3/h6-11,19H,4-5,12-18H2,1-3H3,(H,27,32)(H2,28,29,33). The van der Waals surface area contributed by atoms with Crippen molar-refractivity contribution in [3.05, 3.63) is 48.0 Å². The lowest BCUT2D eigenvalue weighted by Gasteiger charge is -2.38. The number of methoxy groups -OCH3 is 2. The number of carbonyl (C=O) groups excluding carboxylic acids is 2. The van der Waals surface area contributed by atoms with Gasteiger partial charge in [0.25, 0.3) is 5.91 Å². The van der Waals surface area contributed by atoms with Crippen molar-refractivity contribution in [2.75, 3.05) is 75.2 Å². The number of ether oxygens (including phenoxy) is 2. The molecule has 35 heavy (non-hydrogen) atoms. The van der Waals surface area contributed by atoms with Gasteiger partial charge in [-0.05, 0) is 36.8 Å². The molecule has 3 N–H and O–H groups in total. The van der Waals surface area contributed by atoms with E-state index in [0.717, 1.165) is 56.1 Å². The Morgan fingerprint density at radius 2 is 1.63 bits per heavy atom. The third kappa shape index (κ3) is 7.26. The Hall–Kier alpha value is -3.46. The number of hydrogen-bond acceptors (Lipinski definition) is 6. The predicted octanol–water partition coefficient (Wildman–Crippen LogP) is 3.32. The Kier molecular flexibility index (Phi) is 10.0. The fraction of sp³-hybridized carbons (Fsp3) is 0.462. The highest BCUT2D eigenvalue weighted by Gasteiger charge is 2.23. The van der Waals surface area contributed by atoms with Gasteiger partial charge in [0.2, 0.25) is 0 Å². The van der Waals surface area contributed by atoms with E-state index in [1.165, 1.54) is 0 Å². The molecule has 3 rings (SSSR count). The van der Waals surface area contributed by atoms with E-state index >= 15 is 0 Å². The van der Waals surface area contributed by atoms with E-state index in [1.54, 1.807) is 20.3 Å². The Bertz CT molecular complexity index is 976. The molecule has 0 spiro atoms. The van der Waals surface area contributed by atoms with Crippen molar-refractivity contribution < 1.29 is 19.1 Å². The highest BCUT2D eigenvalue weighted by Crippen LogP contribution is 2.31.